The van der Waals surface area contributed by atoms with Gasteiger partial charge in [-0.2, -0.15) is 0 Å². The third-order valence-corrected chi connectivity index (χ3v) is 8.95. The Morgan fingerprint density at radius 2 is 1.65 bits per heavy atom. The van der Waals surface area contributed by atoms with Gasteiger partial charge >= 0.3 is 0 Å². The molecule has 1 amide bonds. The first-order valence-corrected chi connectivity index (χ1v) is 16.8. The summed E-state index contributed by atoms with van der Waals surface area (Å²) in [4.78, 5) is 27.4. The summed E-state index contributed by atoms with van der Waals surface area (Å²) in [6.45, 7) is 5.75. The maximum atomic E-state index is 15.5. The highest BCUT2D eigenvalue weighted by Crippen LogP contribution is 2.38. The number of amides is 1. The molecule has 0 atom stereocenters. The summed E-state index contributed by atoms with van der Waals surface area (Å²) in [5.74, 6) is -0.332. The first kappa shape index (κ1) is 33.8. The molecule has 0 saturated carbocycles. The van der Waals surface area contributed by atoms with Crippen molar-refractivity contribution in [3.8, 4) is 34.3 Å². The minimum atomic E-state index is -0.694. The first-order valence-electron chi connectivity index (χ1n) is 16.8. The van der Waals surface area contributed by atoms with E-state index in [0.29, 0.717) is 51.4 Å². The highest BCUT2D eigenvalue weighted by Gasteiger charge is 2.18. The molecule has 1 N–H and O–H groups in total. The molecule has 6 aromatic rings. The van der Waals surface area contributed by atoms with Crippen LogP contribution >= 0.6 is 0 Å². The number of anilines is 1. The van der Waals surface area contributed by atoms with E-state index in [2.05, 4.69) is 32.1 Å². The number of aromatic nitrogens is 2. The third-order valence-electron chi connectivity index (χ3n) is 8.95. The molecule has 0 bridgehead atoms. The normalized spacial score (nSPS) is 13.7. The van der Waals surface area contributed by atoms with Crippen LogP contribution in [0, 0.1) is 11.6 Å². The molecule has 9 nitrogen and oxygen atoms in total. The molecule has 51 heavy (non-hydrogen) atoms. The molecule has 260 valence electrons. The monoisotopic (exact) mass is 689 g/mol. The number of halogens is 2. The van der Waals surface area contributed by atoms with Crippen LogP contribution in [0.1, 0.15) is 16.8 Å². The van der Waals surface area contributed by atoms with Crippen LogP contribution in [0.5, 0.6) is 23.0 Å². The number of hydrogen-bond donors (Lipinski definition) is 1. The number of hydrogen-bond acceptors (Lipinski definition) is 8. The van der Waals surface area contributed by atoms with Crippen molar-refractivity contribution < 1.29 is 27.8 Å². The van der Waals surface area contributed by atoms with Gasteiger partial charge in [0.05, 0.1) is 36.0 Å². The molecule has 0 unspecified atom stereocenters. The van der Waals surface area contributed by atoms with Crippen LogP contribution in [0.2, 0.25) is 0 Å². The van der Waals surface area contributed by atoms with Gasteiger partial charge in [0.15, 0.2) is 23.1 Å². The third kappa shape index (κ3) is 7.74. The van der Waals surface area contributed by atoms with Gasteiger partial charge in [0.1, 0.15) is 11.6 Å². The molecule has 0 spiro atoms. The fourth-order valence-corrected chi connectivity index (χ4v) is 6.15. The zero-order chi connectivity index (χ0) is 35.3. The van der Waals surface area contributed by atoms with Crippen LogP contribution in [-0.4, -0.2) is 79.2 Å². The molecular formula is C40H37F2N5O4. The van der Waals surface area contributed by atoms with Gasteiger partial charge in [-0.05, 0) is 62.0 Å². The van der Waals surface area contributed by atoms with Gasteiger partial charge in [-0.15, -0.1) is 0 Å². The maximum absolute atomic E-state index is 15.5. The number of rotatable bonds is 11. The van der Waals surface area contributed by atoms with E-state index in [9.17, 15) is 9.18 Å². The number of nitrogens with zero attached hydrogens (tertiary/aromatic N) is 4. The first-order chi connectivity index (χ1) is 24.8. The Balaban J connectivity index is 1.07. The van der Waals surface area contributed by atoms with Crippen molar-refractivity contribution in [1.29, 1.82) is 0 Å². The highest BCUT2D eigenvalue weighted by atomic mass is 19.1. The van der Waals surface area contributed by atoms with Crippen molar-refractivity contribution in [3.05, 3.63) is 114 Å². The molecule has 1 aliphatic heterocycles. The van der Waals surface area contributed by atoms with Crippen LogP contribution in [0.25, 0.3) is 33.1 Å². The van der Waals surface area contributed by atoms with Gasteiger partial charge in [-0.1, -0.05) is 30.3 Å². The Morgan fingerprint density at radius 1 is 0.824 bits per heavy atom. The van der Waals surface area contributed by atoms with E-state index in [4.69, 9.17) is 14.2 Å². The lowest BCUT2D eigenvalue weighted by molar-refractivity contribution is 0.102. The molecular weight excluding hydrogens is 652 g/mol. The van der Waals surface area contributed by atoms with Crippen molar-refractivity contribution >= 4 is 33.4 Å². The average molecular weight is 690 g/mol. The number of piperazine rings is 1. The van der Waals surface area contributed by atoms with Crippen LogP contribution in [-0.2, 0) is 0 Å². The van der Waals surface area contributed by atoms with Crippen molar-refractivity contribution in [3.63, 3.8) is 0 Å². The molecule has 1 aliphatic rings. The lowest BCUT2D eigenvalue weighted by atomic mass is 10.0. The van der Waals surface area contributed by atoms with Gasteiger partial charge in [-0.25, -0.2) is 13.8 Å². The number of likely N-dealkylation sites (N-methyl/N-ethyl adjacent to an activating group) is 1. The van der Waals surface area contributed by atoms with Crippen molar-refractivity contribution in [1.82, 2.24) is 19.8 Å². The number of ether oxygens (including phenoxy) is 3. The SMILES string of the molecule is COc1cc2c(Oc3ccc(NC(=O)c4cc(-c5ccccc5)nc5ccc(F)cc45)cc3F)ccnc2cc1OCCCN1CCN(C)CC1. The lowest BCUT2D eigenvalue weighted by Crippen LogP contribution is -2.44. The molecule has 0 aliphatic carbocycles. The van der Waals surface area contributed by atoms with E-state index in [0.717, 1.165) is 44.7 Å². The van der Waals surface area contributed by atoms with Gasteiger partial charge < -0.3 is 29.3 Å². The molecule has 11 heteroatoms. The smallest absolute Gasteiger partial charge is 0.256 e. The largest absolute Gasteiger partial charge is 0.493 e. The maximum Gasteiger partial charge on any atom is 0.256 e. The fourth-order valence-electron chi connectivity index (χ4n) is 6.15. The molecule has 3 heterocycles. The summed E-state index contributed by atoms with van der Waals surface area (Å²) in [6.07, 6.45) is 2.46. The second-order valence-corrected chi connectivity index (χ2v) is 12.5. The predicted octanol–water partition coefficient (Wildman–Crippen LogP) is 7.80. The molecule has 0 radical (unpaired) electrons. The zero-order valence-corrected chi connectivity index (χ0v) is 28.4. The molecule has 1 saturated heterocycles. The number of fused-ring (bicyclic) bond motifs is 2. The van der Waals surface area contributed by atoms with E-state index >= 15 is 4.39 Å². The summed E-state index contributed by atoms with van der Waals surface area (Å²) in [7, 11) is 3.71. The Bertz CT molecular complexity index is 2190. The topological polar surface area (TPSA) is 89.0 Å². The minimum absolute atomic E-state index is 0.0495. The number of pyridine rings is 2. The molecule has 1 fully saturated rings. The van der Waals surface area contributed by atoms with Gasteiger partial charge in [0.2, 0.25) is 0 Å². The summed E-state index contributed by atoms with van der Waals surface area (Å²) in [6, 6.07) is 24.4. The lowest BCUT2D eigenvalue weighted by Gasteiger charge is -2.32. The van der Waals surface area contributed by atoms with Crippen LogP contribution in [0.4, 0.5) is 14.5 Å². The number of benzene rings is 4. The Hall–Kier alpha value is -5.65. The minimum Gasteiger partial charge on any atom is -0.493 e. The van der Waals surface area contributed by atoms with Gasteiger partial charge in [-0.3, -0.25) is 9.78 Å². The van der Waals surface area contributed by atoms with E-state index in [1.807, 2.05) is 30.3 Å². The molecule has 7 rings (SSSR count). The van der Waals surface area contributed by atoms with E-state index in [-0.39, 0.29) is 17.0 Å². The molecule has 2 aromatic heterocycles. The summed E-state index contributed by atoms with van der Waals surface area (Å²) >= 11 is 0. The molecule has 4 aromatic carbocycles. The highest BCUT2D eigenvalue weighted by molar-refractivity contribution is 6.13. The second kappa shape index (κ2) is 15.1. The van der Waals surface area contributed by atoms with Crippen molar-refractivity contribution in [2.24, 2.45) is 0 Å². The van der Waals surface area contributed by atoms with Crippen LogP contribution < -0.4 is 19.5 Å². The number of nitrogens with one attached hydrogen (secondary N) is 1. The van der Waals surface area contributed by atoms with Crippen molar-refractivity contribution in [2.75, 3.05) is 58.8 Å². The Morgan fingerprint density at radius 3 is 2.43 bits per heavy atom. The van der Waals surface area contributed by atoms with Crippen molar-refractivity contribution in [2.45, 2.75) is 6.42 Å². The summed E-state index contributed by atoms with van der Waals surface area (Å²) in [5, 5.41) is 3.70. The Labute approximate surface area is 294 Å². The summed E-state index contributed by atoms with van der Waals surface area (Å²) in [5.41, 5.74) is 2.81. The van der Waals surface area contributed by atoms with Gasteiger partial charge in [0, 0.05) is 73.1 Å². The van der Waals surface area contributed by atoms with Crippen LogP contribution in [0.15, 0.2) is 97.2 Å². The van der Waals surface area contributed by atoms with E-state index in [1.54, 1.807) is 37.6 Å². The van der Waals surface area contributed by atoms with Gasteiger partial charge in [0.25, 0.3) is 5.91 Å². The summed E-state index contributed by atoms with van der Waals surface area (Å²) < 4.78 is 47.5. The quantitative estimate of drug-likeness (QED) is 0.138. The fraction of sp³-hybridized carbons (Fsp3) is 0.225. The average Bonchev–Trinajstić information content (AvgIpc) is 3.15. The van der Waals surface area contributed by atoms with E-state index in [1.165, 1.54) is 36.4 Å². The predicted molar refractivity (Wildman–Crippen MR) is 194 cm³/mol. The number of carbonyl (C=O) groups excluding carboxylic acids is 1. The number of carbonyl (C=O) groups is 1. The number of methoxy groups -OCH3 is 1. The van der Waals surface area contributed by atoms with Crippen LogP contribution in [0.3, 0.4) is 0 Å². The Kier molecular flexibility index (Phi) is 10.0. The van der Waals surface area contributed by atoms with E-state index < -0.39 is 17.5 Å². The zero-order valence-electron chi connectivity index (χ0n) is 28.4. The standard InChI is InChI=1S/C40H37F2N5O4/c1-46-16-18-47(19-17-46)15-6-20-50-39-25-35-31(24-38(39)49-2)36(13-14-43-35)51-37-12-10-28(22-32(37)42)44-40(48)30-23-34(26-7-4-3-5-8-26)45-33-11-9-27(41)21-29(30)33/h3-5,7-14,21-25H,6,15-20H2,1-2H3,(H,44,48). The second-order valence-electron chi connectivity index (χ2n) is 12.5.